The van der Waals surface area contributed by atoms with Gasteiger partial charge in [-0.3, -0.25) is 37.3 Å². The van der Waals surface area contributed by atoms with Gasteiger partial charge in [-0.15, -0.1) is 0 Å². The lowest BCUT2D eigenvalue weighted by Crippen LogP contribution is -2.30. The standard InChI is InChI=1S/C63H122O17P2/c1-6-10-13-16-19-22-25-28-31-37-42-47-61(66)73-52-58(79-62(67)48-43-38-32-29-26-23-20-17-14-11-7-2)54-77-81(69,70)75-50-57(64)51-76-82(71,72)78-55-59(80-63(68)49-44-39-34-33-35-40-45-56(5)9-4)53-74-60(65)46-41-36-30-27-24-21-18-15-12-8-3/h56-59,64H,6-55H2,1-5H3,(H,69,70)(H,71,72)/t56?,57-,58-,59-/m1/s1. The van der Waals surface area contributed by atoms with Crippen LogP contribution in [-0.4, -0.2) is 96.7 Å². The van der Waals surface area contributed by atoms with E-state index in [2.05, 4.69) is 34.6 Å². The van der Waals surface area contributed by atoms with E-state index < -0.39 is 97.5 Å². The number of aliphatic hydroxyl groups is 1. The van der Waals surface area contributed by atoms with E-state index in [0.29, 0.717) is 25.7 Å². The summed E-state index contributed by atoms with van der Waals surface area (Å²) in [6, 6.07) is 0. The Bertz CT molecular complexity index is 1600. The topological polar surface area (TPSA) is 237 Å². The number of esters is 4. The summed E-state index contributed by atoms with van der Waals surface area (Å²) in [4.78, 5) is 72.1. The summed E-state index contributed by atoms with van der Waals surface area (Å²) in [5, 5.41) is 10.5. The Hall–Kier alpha value is -1.94. The molecule has 0 aromatic carbocycles. The van der Waals surface area contributed by atoms with Crippen molar-refractivity contribution in [2.24, 2.45) is 5.92 Å². The molecule has 82 heavy (non-hydrogen) atoms. The summed E-state index contributed by atoms with van der Waals surface area (Å²) >= 11 is 0. The zero-order chi connectivity index (χ0) is 60.6. The van der Waals surface area contributed by atoms with Crippen LogP contribution in [0.4, 0.5) is 0 Å². The smallest absolute Gasteiger partial charge is 0.462 e. The number of hydrogen-bond acceptors (Lipinski definition) is 15. The van der Waals surface area contributed by atoms with E-state index in [1.54, 1.807) is 0 Å². The summed E-state index contributed by atoms with van der Waals surface area (Å²) in [6.45, 7) is 7.13. The van der Waals surface area contributed by atoms with E-state index in [1.165, 1.54) is 141 Å². The van der Waals surface area contributed by atoms with Crippen molar-refractivity contribution in [3.63, 3.8) is 0 Å². The third-order valence-electron chi connectivity index (χ3n) is 14.9. The number of aliphatic hydroxyl groups excluding tert-OH is 1. The van der Waals surface area contributed by atoms with Crippen molar-refractivity contribution in [2.45, 2.75) is 335 Å². The van der Waals surface area contributed by atoms with Crippen LogP contribution in [0.5, 0.6) is 0 Å². The molecule has 0 fully saturated rings. The van der Waals surface area contributed by atoms with Gasteiger partial charge in [0.2, 0.25) is 0 Å². The third-order valence-corrected chi connectivity index (χ3v) is 16.8. The van der Waals surface area contributed by atoms with Crippen molar-refractivity contribution in [1.82, 2.24) is 0 Å². The van der Waals surface area contributed by atoms with Crippen LogP contribution in [0.3, 0.4) is 0 Å². The first kappa shape index (κ1) is 80.1. The summed E-state index contributed by atoms with van der Waals surface area (Å²) < 4.78 is 67.9. The maximum atomic E-state index is 13.0. The van der Waals surface area contributed by atoms with Crippen molar-refractivity contribution in [3.8, 4) is 0 Å². The van der Waals surface area contributed by atoms with Gasteiger partial charge in [0.25, 0.3) is 0 Å². The van der Waals surface area contributed by atoms with Crippen LogP contribution in [0, 0.1) is 5.92 Å². The van der Waals surface area contributed by atoms with Gasteiger partial charge in [0.1, 0.15) is 19.3 Å². The van der Waals surface area contributed by atoms with E-state index in [0.717, 1.165) is 95.8 Å². The fourth-order valence-corrected chi connectivity index (χ4v) is 11.0. The van der Waals surface area contributed by atoms with E-state index in [9.17, 15) is 43.2 Å². The molecule has 0 radical (unpaired) electrons. The van der Waals surface area contributed by atoms with Crippen molar-refractivity contribution >= 4 is 39.5 Å². The average molecular weight is 1210 g/mol. The maximum absolute atomic E-state index is 13.0. The molecule has 3 unspecified atom stereocenters. The molecule has 486 valence electrons. The van der Waals surface area contributed by atoms with Crippen molar-refractivity contribution < 1.29 is 80.2 Å². The lowest BCUT2D eigenvalue weighted by atomic mass is 10.00. The molecule has 0 aliphatic rings. The van der Waals surface area contributed by atoms with Crippen LogP contribution < -0.4 is 0 Å². The van der Waals surface area contributed by atoms with Crippen molar-refractivity contribution in [1.29, 1.82) is 0 Å². The number of carbonyl (C=O) groups is 4. The van der Waals surface area contributed by atoms with Gasteiger partial charge in [-0.1, -0.05) is 266 Å². The molecule has 0 saturated carbocycles. The molecule has 0 bridgehead atoms. The average Bonchev–Trinajstić information content (AvgIpc) is 3.47. The van der Waals surface area contributed by atoms with E-state index in [1.807, 2.05) is 0 Å². The lowest BCUT2D eigenvalue weighted by Gasteiger charge is -2.21. The van der Waals surface area contributed by atoms with E-state index >= 15 is 0 Å². The Balaban J connectivity index is 5.24. The molecule has 0 saturated heterocycles. The summed E-state index contributed by atoms with van der Waals surface area (Å²) in [5.74, 6) is -1.41. The first-order valence-electron chi connectivity index (χ1n) is 33.2. The van der Waals surface area contributed by atoms with E-state index in [-0.39, 0.29) is 25.7 Å². The van der Waals surface area contributed by atoms with Gasteiger partial charge in [-0.2, -0.15) is 0 Å². The minimum Gasteiger partial charge on any atom is -0.462 e. The van der Waals surface area contributed by atoms with Crippen LogP contribution in [0.2, 0.25) is 0 Å². The third kappa shape index (κ3) is 55.9. The maximum Gasteiger partial charge on any atom is 0.472 e. The number of ether oxygens (including phenoxy) is 4. The first-order valence-corrected chi connectivity index (χ1v) is 36.2. The monoisotopic (exact) mass is 1210 g/mol. The summed E-state index contributed by atoms with van der Waals surface area (Å²) in [6.07, 6.45) is 40.2. The second-order valence-corrected chi connectivity index (χ2v) is 25.9. The molecule has 0 aromatic heterocycles. The number of hydrogen-bond donors (Lipinski definition) is 3. The van der Waals surface area contributed by atoms with Gasteiger partial charge < -0.3 is 33.8 Å². The Kier molecular flexibility index (Phi) is 55.5. The fraction of sp³-hybridized carbons (Fsp3) is 0.937. The number of carbonyl (C=O) groups excluding carboxylic acids is 4. The van der Waals surface area contributed by atoms with Gasteiger partial charge in [0.15, 0.2) is 12.2 Å². The van der Waals surface area contributed by atoms with Crippen LogP contribution in [-0.2, 0) is 65.4 Å². The zero-order valence-electron chi connectivity index (χ0n) is 52.6. The van der Waals surface area contributed by atoms with Crippen LogP contribution in [0.25, 0.3) is 0 Å². The molecular formula is C63H122O17P2. The Morgan fingerprint density at radius 2 is 0.585 bits per heavy atom. The quantitative estimate of drug-likeness (QED) is 0.0222. The van der Waals surface area contributed by atoms with Gasteiger partial charge in [0.05, 0.1) is 26.4 Å². The normalized spacial score (nSPS) is 14.6. The SMILES string of the molecule is CCCCCCCCCCCCCC(=O)OC[C@H](COP(=O)(O)OC[C@@H](O)COP(=O)(O)OC[C@@H](COC(=O)CCCCCCCCCCCC)OC(=O)CCCCCCCCC(C)CC)OC(=O)CCCCCCCCCCCCC. The highest BCUT2D eigenvalue weighted by atomic mass is 31.2. The van der Waals surface area contributed by atoms with Crippen LogP contribution >= 0.6 is 15.6 Å². The highest BCUT2D eigenvalue weighted by Gasteiger charge is 2.30. The number of rotatable bonds is 63. The predicted octanol–water partition coefficient (Wildman–Crippen LogP) is 17.4. The number of phosphoric acid groups is 2. The fourth-order valence-electron chi connectivity index (χ4n) is 9.37. The molecular weight excluding hydrogens is 1090 g/mol. The largest absolute Gasteiger partial charge is 0.472 e. The zero-order valence-corrected chi connectivity index (χ0v) is 54.4. The molecule has 0 aliphatic heterocycles. The molecule has 0 aromatic rings. The molecule has 0 heterocycles. The van der Waals surface area contributed by atoms with Crippen LogP contribution in [0.15, 0.2) is 0 Å². The number of unbranched alkanes of at least 4 members (excludes halogenated alkanes) is 34. The molecule has 0 amide bonds. The van der Waals surface area contributed by atoms with Gasteiger partial charge in [-0.05, 0) is 31.6 Å². The highest BCUT2D eigenvalue weighted by Crippen LogP contribution is 2.45. The second-order valence-electron chi connectivity index (χ2n) is 23.0. The lowest BCUT2D eigenvalue weighted by molar-refractivity contribution is -0.161. The van der Waals surface area contributed by atoms with Gasteiger partial charge in [-0.25, -0.2) is 9.13 Å². The summed E-state index contributed by atoms with van der Waals surface area (Å²) in [7, 11) is -9.88. The van der Waals surface area contributed by atoms with Gasteiger partial charge >= 0.3 is 39.5 Å². The molecule has 19 heteroatoms. The molecule has 0 spiro atoms. The van der Waals surface area contributed by atoms with E-state index in [4.69, 9.17) is 37.0 Å². The first-order chi connectivity index (χ1) is 39.6. The second kappa shape index (κ2) is 56.8. The van der Waals surface area contributed by atoms with Gasteiger partial charge in [0, 0.05) is 25.7 Å². The highest BCUT2D eigenvalue weighted by molar-refractivity contribution is 7.47. The molecule has 6 atom stereocenters. The minimum atomic E-state index is -4.94. The Morgan fingerprint density at radius 1 is 0.341 bits per heavy atom. The van der Waals surface area contributed by atoms with Crippen LogP contribution in [0.1, 0.15) is 317 Å². The molecule has 17 nitrogen and oxygen atoms in total. The summed E-state index contributed by atoms with van der Waals surface area (Å²) in [5.41, 5.74) is 0. The molecule has 0 aliphatic carbocycles. The Labute approximate surface area is 498 Å². The Morgan fingerprint density at radius 3 is 0.866 bits per heavy atom. The van der Waals surface area contributed by atoms with Crippen molar-refractivity contribution in [2.75, 3.05) is 39.6 Å². The number of phosphoric ester groups is 2. The molecule has 0 rings (SSSR count). The molecule has 3 N–H and O–H groups in total. The minimum absolute atomic E-state index is 0.103. The predicted molar refractivity (Wildman–Crippen MR) is 326 cm³/mol. The van der Waals surface area contributed by atoms with Crippen molar-refractivity contribution in [3.05, 3.63) is 0 Å².